The minimum atomic E-state index is -0.519. The van der Waals surface area contributed by atoms with Crippen molar-refractivity contribution < 1.29 is 4.79 Å². The number of allylic oxidation sites excluding steroid dienone is 1. The van der Waals surface area contributed by atoms with Gasteiger partial charge in [-0.25, -0.2) is 4.68 Å². The number of halogens is 1. The first-order valence-electron chi connectivity index (χ1n) is 7.94. The molecule has 0 spiro atoms. The van der Waals surface area contributed by atoms with Gasteiger partial charge < -0.3 is 11.1 Å². The number of aromatic nitrogens is 4. The maximum absolute atomic E-state index is 12.1. The third kappa shape index (κ3) is 2.72. The summed E-state index contributed by atoms with van der Waals surface area (Å²) >= 11 is 6.08. The number of carbonyl (C=O) groups excluding carboxylic acids is 1. The van der Waals surface area contributed by atoms with E-state index in [1.165, 1.54) is 0 Å². The Kier molecular flexibility index (Phi) is 3.93. The Morgan fingerprint density at radius 3 is 2.85 bits per heavy atom. The average Bonchev–Trinajstić information content (AvgIpc) is 3.04. The number of carbonyl (C=O) groups is 1. The van der Waals surface area contributed by atoms with Crippen molar-refractivity contribution in [2.75, 3.05) is 5.32 Å². The smallest absolute Gasteiger partial charge is 0.248 e. The molecule has 7 nitrogen and oxygen atoms in total. The third-order valence-corrected chi connectivity index (χ3v) is 4.44. The van der Waals surface area contributed by atoms with E-state index in [0.29, 0.717) is 28.1 Å². The highest BCUT2D eigenvalue weighted by molar-refractivity contribution is 6.30. The Labute approximate surface area is 154 Å². The molecule has 0 aliphatic carbocycles. The average molecular weight is 367 g/mol. The minimum absolute atomic E-state index is 0.424. The molecule has 0 saturated heterocycles. The molecule has 3 aromatic rings. The third-order valence-electron chi connectivity index (χ3n) is 4.20. The van der Waals surface area contributed by atoms with Crippen LogP contribution >= 0.6 is 11.6 Å². The fourth-order valence-electron chi connectivity index (χ4n) is 3.07. The van der Waals surface area contributed by atoms with Gasteiger partial charge in [0.25, 0.3) is 0 Å². The molecule has 3 heterocycles. The molecule has 26 heavy (non-hydrogen) atoms. The van der Waals surface area contributed by atoms with Gasteiger partial charge in [-0.05, 0) is 30.7 Å². The van der Waals surface area contributed by atoms with Gasteiger partial charge in [-0.1, -0.05) is 29.8 Å². The summed E-state index contributed by atoms with van der Waals surface area (Å²) < 4.78 is 1.65. The summed E-state index contributed by atoms with van der Waals surface area (Å²) in [5.74, 6) is 0.507. The summed E-state index contributed by atoms with van der Waals surface area (Å²) in [4.78, 5) is 20.8. The van der Waals surface area contributed by atoms with Crippen molar-refractivity contribution in [3.63, 3.8) is 0 Å². The summed E-state index contributed by atoms with van der Waals surface area (Å²) in [6, 6.07) is 10.5. The molecule has 1 aromatic carbocycles. The lowest BCUT2D eigenvalue weighted by atomic mass is 9.97. The van der Waals surface area contributed by atoms with E-state index in [-0.39, 0.29) is 0 Å². The number of nitrogens with two attached hydrogens (primary N) is 1. The summed E-state index contributed by atoms with van der Waals surface area (Å²) in [5, 5.41) is 8.31. The number of nitrogens with one attached hydrogen (secondary N) is 1. The van der Waals surface area contributed by atoms with Crippen LogP contribution in [-0.4, -0.2) is 25.7 Å². The number of amides is 1. The largest absolute Gasteiger partial charge is 0.366 e. The standard InChI is InChI=1S/C18H15ClN6O/c1-10-14(16(20)26)15(12-5-3-7-21-9-12)25-18(22-10)23-17(24-25)11-4-2-6-13(19)8-11/h2-9,15H,1H3,(H2,20,26)(H,22,23,24)/t15-/m1/s1. The first kappa shape index (κ1) is 16.3. The zero-order chi connectivity index (χ0) is 18.3. The fraction of sp³-hybridized carbons (Fsp3) is 0.111. The Hall–Kier alpha value is -3.19. The maximum atomic E-state index is 12.1. The van der Waals surface area contributed by atoms with Gasteiger partial charge in [-0.3, -0.25) is 9.78 Å². The number of fused-ring (bicyclic) bond motifs is 1. The number of primary amides is 1. The number of pyridine rings is 1. The zero-order valence-electron chi connectivity index (χ0n) is 13.8. The van der Waals surface area contributed by atoms with Crippen LogP contribution in [0.4, 0.5) is 5.95 Å². The second-order valence-corrected chi connectivity index (χ2v) is 6.37. The van der Waals surface area contributed by atoms with Crippen molar-refractivity contribution >= 4 is 23.5 Å². The van der Waals surface area contributed by atoms with Gasteiger partial charge in [0, 0.05) is 28.7 Å². The van der Waals surface area contributed by atoms with E-state index in [1.807, 2.05) is 18.2 Å². The highest BCUT2D eigenvalue weighted by Crippen LogP contribution is 2.35. The molecule has 0 radical (unpaired) electrons. The predicted molar refractivity (Wildman–Crippen MR) is 98.4 cm³/mol. The van der Waals surface area contributed by atoms with Crippen molar-refractivity contribution in [3.05, 3.63) is 70.6 Å². The molecule has 1 atom stereocenters. The van der Waals surface area contributed by atoms with E-state index in [2.05, 4.69) is 20.4 Å². The fourth-order valence-corrected chi connectivity index (χ4v) is 3.26. The van der Waals surface area contributed by atoms with Crippen LogP contribution in [0.5, 0.6) is 0 Å². The molecule has 1 aliphatic heterocycles. The molecule has 0 bridgehead atoms. The van der Waals surface area contributed by atoms with E-state index in [0.717, 1.165) is 11.1 Å². The zero-order valence-corrected chi connectivity index (χ0v) is 14.6. The summed E-state index contributed by atoms with van der Waals surface area (Å²) in [6.45, 7) is 1.79. The van der Waals surface area contributed by atoms with Crippen molar-refractivity contribution in [2.45, 2.75) is 13.0 Å². The second-order valence-electron chi connectivity index (χ2n) is 5.93. The first-order chi connectivity index (χ1) is 12.5. The first-order valence-corrected chi connectivity index (χ1v) is 8.32. The van der Waals surface area contributed by atoms with Crippen LogP contribution in [0, 0.1) is 0 Å². The van der Waals surface area contributed by atoms with Gasteiger partial charge in [0.2, 0.25) is 11.9 Å². The Balaban J connectivity index is 1.89. The normalized spacial score (nSPS) is 16.2. The van der Waals surface area contributed by atoms with E-state index in [1.54, 1.807) is 42.2 Å². The molecule has 8 heteroatoms. The number of hydrogen-bond acceptors (Lipinski definition) is 5. The molecule has 1 amide bonds. The van der Waals surface area contributed by atoms with Crippen molar-refractivity contribution in [1.82, 2.24) is 19.7 Å². The molecule has 0 unspecified atom stereocenters. The van der Waals surface area contributed by atoms with E-state index in [9.17, 15) is 4.79 Å². The molecule has 130 valence electrons. The van der Waals surface area contributed by atoms with Gasteiger partial charge in [0.1, 0.15) is 6.04 Å². The number of nitrogens with zero attached hydrogens (tertiary/aromatic N) is 4. The summed E-state index contributed by atoms with van der Waals surface area (Å²) in [7, 11) is 0. The molecular formula is C18H15ClN6O. The van der Waals surface area contributed by atoms with Gasteiger partial charge in [-0.2, -0.15) is 4.98 Å². The molecule has 4 rings (SSSR count). The summed E-state index contributed by atoms with van der Waals surface area (Å²) in [5.41, 5.74) is 8.29. The van der Waals surface area contributed by atoms with Crippen LogP contribution in [0.2, 0.25) is 5.02 Å². The van der Waals surface area contributed by atoms with Crippen molar-refractivity contribution in [2.24, 2.45) is 5.73 Å². The van der Waals surface area contributed by atoms with Crippen LogP contribution in [0.1, 0.15) is 18.5 Å². The number of benzene rings is 1. The molecule has 3 N–H and O–H groups in total. The molecule has 0 fully saturated rings. The second kappa shape index (κ2) is 6.27. The number of anilines is 1. The van der Waals surface area contributed by atoms with Crippen LogP contribution in [0.25, 0.3) is 11.4 Å². The van der Waals surface area contributed by atoms with E-state index < -0.39 is 11.9 Å². The van der Waals surface area contributed by atoms with Crippen LogP contribution in [0.15, 0.2) is 60.1 Å². The van der Waals surface area contributed by atoms with Crippen LogP contribution in [0.3, 0.4) is 0 Å². The van der Waals surface area contributed by atoms with Gasteiger partial charge in [-0.15, -0.1) is 5.10 Å². The highest BCUT2D eigenvalue weighted by Gasteiger charge is 2.33. The maximum Gasteiger partial charge on any atom is 0.248 e. The number of hydrogen-bond donors (Lipinski definition) is 2. The van der Waals surface area contributed by atoms with Crippen LogP contribution < -0.4 is 11.1 Å². The molecule has 2 aromatic heterocycles. The minimum Gasteiger partial charge on any atom is -0.366 e. The SMILES string of the molecule is CC1=C(C(N)=O)[C@@H](c2cccnc2)n2nc(-c3cccc(Cl)c3)nc2N1. The summed E-state index contributed by atoms with van der Waals surface area (Å²) in [6.07, 6.45) is 3.36. The lowest BCUT2D eigenvalue weighted by molar-refractivity contribution is -0.115. The van der Waals surface area contributed by atoms with Gasteiger partial charge in [0.15, 0.2) is 5.82 Å². The molecule has 0 saturated carbocycles. The number of rotatable bonds is 3. The van der Waals surface area contributed by atoms with Gasteiger partial charge in [0.05, 0.1) is 5.57 Å². The lowest BCUT2D eigenvalue weighted by Crippen LogP contribution is -2.31. The highest BCUT2D eigenvalue weighted by atomic mass is 35.5. The lowest BCUT2D eigenvalue weighted by Gasteiger charge is -2.27. The van der Waals surface area contributed by atoms with Gasteiger partial charge >= 0.3 is 0 Å². The van der Waals surface area contributed by atoms with E-state index >= 15 is 0 Å². The quantitative estimate of drug-likeness (QED) is 0.742. The van der Waals surface area contributed by atoms with Crippen molar-refractivity contribution in [1.29, 1.82) is 0 Å². The van der Waals surface area contributed by atoms with Crippen LogP contribution in [-0.2, 0) is 4.79 Å². The monoisotopic (exact) mass is 366 g/mol. The van der Waals surface area contributed by atoms with Crippen molar-refractivity contribution in [3.8, 4) is 11.4 Å². The molecular weight excluding hydrogens is 352 g/mol. The van der Waals surface area contributed by atoms with E-state index in [4.69, 9.17) is 17.3 Å². The topological polar surface area (TPSA) is 98.7 Å². The predicted octanol–water partition coefficient (Wildman–Crippen LogP) is 2.77. The molecule has 1 aliphatic rings. The Bertz CT molecular complexity index is 1030. The Morgan fingerprint density at radius 2 is 2.15 bits per heavy atom. The Morgan fingerprint density at radius 1 is 1.31 bits per heavy atom.